The molecule has 0 saturated heterocycles. The topological polar surface area (TPSA) is 15.7 Å². The first-order valence-electron chi connectivity index (χ1n) is 28.6. The van der Waals surface area contributed by atoms with Crippen molar-refractivity contribution in [3.8, 4) is 28.0 Å². The molecule has 0 spiro atoms. The van der Waals surface area contributed by atoms with Crippen molar-refractivity contribution in [1.29, 1.82) is 0 Å². The number of unbranched alkanes of at least 4 members (excludes halogenated alkanes) is 3. The minimum atomic E-state index is -0.407. The van der Waals surface area contributed by atoms with Crippen molar-refractivity contribution in [2.45, 2.75) is 88.9 Å². The van der Waals surface area contributed by atoms with Crippen LogP contribution in [0.5, 0.6) is 5.75 Å². The first-order valence-corrected chi connectivity index (χ1v) is 28.6. The second-order valence-electron chi connectivity index (χ2n) is 21.7. The van der Waals surface area contributed by atoms with E-state index < -0.39 is 5.41 Å². The minimum absolute atomic E-state index is 0.407. The van der Waals surface area contributed by atoms with Gasteiger partial charge in [-0.3, -0.25) is 0 Å². The first-order chi connectivity index (χ1) is 38.5. The number of hydrogen-bond acceptors (Lipinski definition) is 3. The van der Waals surface area contributed by atoms with Crippen LogP contribution < -0.4 is 14.5 Å². The summed E-state index contributed by atoms with van der Waals surface area (Å²) >= 11 is 0. The summed E-state index contributed by atoms with van der Waals surface area (Å²) in [4.78, 5) is 4.81. The normalized spacial score (nSPS) is 13.6. The molecule has 0 N–H and O–H groups in total. The molecular weight excluding hydrogens is 945 g/mol. The number of para-hydroxylation sites is 4. The molecule has 2 unspecified atom stereocenters. The second kappa shape index (κ2) is 23.1. The average molecular weight is 1020 g/mol. The first kappa shape index (κ1) is 50.4. The Balaban J connectivity index is 0.775. The maximum Gasteiger partial charge on any atom is 0.119 e. The Labute approximate surface area is 463 Å². The van der Waals surface area contributed by atoms with E-state index in [9.17, 15) is 0 Å². The van der Waals surface area contributed by atoms with Gasteiger partial charge >= 0.3 is 0 Å². The van der Waals surface area contributed by atoms with Crippen molar-refractivity contribution >= 4 is 34.1 Å². The number of ether oxygens (including phenoxy) is 1. The van der Waals surface area contributed by atoms with Crippen molar-refractivity contribution in [2.75, 3.05) is 16.4 Å². The van der Waals surface area contributed by atoms with Gasteiger partial charge in [0.05, 0.1) is 6.61 Å². The lowest BCUT2D eigenvalue weighted by Crippen LogP contribution is -2.27. The molecule has 0 bridgehead atoms. The molecule has 78 heavy (non-hydrogen) atoms. The molecule has 0 saturated carbocycles. The van der Waals surface area contributed by atoms with Gasteiger partial charge in [-0.15, -0.1) is 0 Å². The van der Waals surface area contributed by atoms with Gasteiger partial charge in [0.25, 0.3) is 0 Å². The molecule has 386 valence electrons. The summed E-state index contributed by atoms with van der Waals surface area (Å²) in [5.74, 6) is 1.93. The van der Waals surface area contributed by atoms with E-state index in [-0.39, 0.29) is 0 Å². The zero-order chi connectivity index (χ0) is 52.7. The quantitative estimate of drug-likeness (QED) is 0.0667. The van der Waals surface area contributed by atoms with Crippen molar-refractivity contribution < 1.29 is 4.74 Å². The van der Waals surface area contributed by atoms with Crippen molar-refractivity contribution in [3.63, 3.8) is 0 Å². The Morgan fingerprint density at radius 2 is 0.897 bits per heavy atom. The van der Waals surface area contributed by atoms with E-state index in [0.29, 0.717) is 18.4 Å². The Morgan fingerprint density at radius 1 is 0.423 bits per heavy atom. The molecule has 12 rings (SSSR count). The molecule has 10 aromatic rings. The van der Waals surface area contributed by atoms with Crippen LogP contribution in [0.4, 0.5) is 34.1 Å². The summed E-state index contributed by atoms with van der Waals surface area (Å²) in [7, 11) is 0. The summed E-state index contributed by atoms with van der Waals surface area (Å²) in [6.45, 7) is 5.42. The van der Waals surface area contributed by atoms with Crippen LogP contribution in [0.2, 0.25) is 0 Å². The van der Waals surface area contributed by atoms with Crippen LogP contribution in [0.15, 0.2) is 255 Å². The molecule has 2 aliphatic rings. The Bertz CT molecular complexity index is 3350. The van der Waals surface area contributed by atoms with Crippen molar-refractivity contribution in [3.05, 3.63) is 294 Å². The van der Waals surface area contributed by atoms with E-state index in [2.05, 4.69) is 278 Å². The largest absolute Gasteiger partial charge is 0.494 e. The molecule has 0 fully saturated rings. The molecule has 0 aromatic heterocycles. The molecule has 2 aliphatic carbocycles. The highest BCUT2D eigenvalue weighted by atomic mass is 16.5. The van der Waals surface area contributed by atoms with Crippen LogP contribution in [-0.4, -0.2) is 6.61 Å². The highest BCUT2D eigenvalue weighted by Crippen LogP contribution is 2.58. The molecule has 3 nitrogen and oxygen atoms in total. The van der Waals surface area contributed by atoms with Crippen molar-refractivity contribution in [2.24, 2.45) is 0 Å². The minimum Gasteiger partial charge on any atom is -0.494 e. The molecule has 0 radical (unpaired) electrons. The summed E-state index contributed by atoms with van der Waals surface area (Å²) in [5, 5.41) is 0. The second-order valence-corrected chi connectivity index (χ2v) is 21.7. The fourth-order valence-corrected chi connectivity index (χ4v) is 12.7. The van der Waals surface area contributed by atoms with Crippen LogP contribution in [0.3, 0.4) is 0 Å². The maximum absolute atomic E-state index is 6.46. The predicted molar refractivity (Wildman–Crippen MR) is 328 cm³/mol. The Kier molecular flexibility index (Phi) is 14.9. The predicted octanol–water partition coefficient (Wildman–Crippen LogP) is 20.4. The van der Waals surface area contributed by atoms with Gasteiger partial charge < -0.3 is 14.5 Å². The average Bonchev–Trinajstić information content (AvgIpc) is 4.01. The maximum atomic E-state index is 6.46. The SMILES string of the molecule is CCC(CC(C)c1ccc(-c2ccc3c(c2)CC3)cc1)c1ccc(OCCCCCCC2(c3ccccc3)c3cc(N(c4ccccc4)c4ccccc4)ccc3-c3ccc(N(c4ccccc4)c4ccccc4)cc32)cc1. The van der Waals surface area contributed by atoms with Gasteiger partial charge in [0.1, 0.15) is 5.75 Å². The number of hydrogen-bond donors (Lipinski definition) is 0. The van der Waals surface area contributed by atoms with Gasteiger partial charge in [0, 0.05) is 39.5 Å². The highest BCUT2D eigenvalue weighted by Gasteiger charge is 2.45. The van der Waals surface area contributed by atoms with Gasteiger partial charge in [0.2, 0.25) is 0 Å². The van der Waals surface area contributed by atoms with Crippen LogP contribution >= 0.6 is 0 Å². The zero-order valence-electron chi connectivity index (χ0n) is 45.3. The Hall–Kier alpha value is -8.40. The molecule has 3 heteroatoms. The third kappa shape index (κ3) is 10.3. The van der Waals surface area contributed by atoms with E-state index in [1.165, 1.54) is 74.0 Å². The molecular formula is C75H70N2O. The van der Waals surface area contributed by atoms with E-state index in [1.807, 2.05) is 0 Å². The Morgan fingerprint density at radius 3 is 1.38 bits per heavy atom. The van der Waals surface area contributed by atoms with E-state index >= 15 is 0 Å². The number of fused-ring (bicyclic) bond motifs is 4. The molecule has 0 heterocycles. The van der Waals surface area contributed by atoms with Gasteiger partial charge in [-0.2, -0.15) is 0 Å². The number of aryl methyl sites for hydroxylation is 2. The molecule has 10 aromatic carbocycles. The van der Waals surface area contributed by atoms with Gasteiger partial charge in [-0.1, -0.05) is 203 Å². The fraction of sp³-hybridized carbons (Fsp3) is 0.200. The summed E-state index contributed by atoms with van der Waals surface area (Å²) in [6.07, 6.45) is 9.93. The molecule has 0 amide bonds. The van der Waals surface area contributed by atoms with Gasteiger partial charge in [-0.25, -0.2) is 0 Å². The van der Waals surface area contributed by atoms with Gasteiger partial charge in [0.15, 0.2) is 0 Å². The lowest BCUT2D eigenvalue weighted by Gasteiger charge is -2.35. The summed E-state index contributed by atoms with van der Waals surface area (Å²) in [5.41, 5.74) is 21.6. The monoisotopic (exact) mass is 1010 g/mol. The third-order valence-electron chi connectivity index (χ3n) is 16.9. The summed E-state index contributed by atoms with van der Waals surface area (Å²) < 4.78 is 6.46. The van der Waals surface area contributed by atoms with E-state index in [0.717, 1.165) is 84.8 Å². The number of nitrogens with zero attached hydrogens (tertiary/aromatic N) is 2. The van der Waals surface area contributed by atoms with Crippen LogP contribution in [-0.2, 0) is 18.3 Å². The third-order valence-corrected chi connectivity index (χ3v) is 16.9. The van der Waals surface area contributed by atoms with Crippen LogP contribution in [0.1, 0.15) is 110 Å². The highest BCUT2D eigenvalue weighted by molar-refractivity contribution is 5.90. The number of benzene rings is 10. The zero-order valence-corrected chi connectivity index (χ0v) is 45.3. The van der Waals surface area contributed by atoms with Crippen LogP contribution in [0, 0.1) is 0 Å². The number of anilines is 6. The smallest absolute Gasteiger partial charge is 0.119 e. The lowest BCUT2D eigenvalue weighted by atomic mass is 9.69. The van der Waals surface area contributed by atoms with Crippen molar-refractivity contribution in [1.82, 2.24) is 0 Å². The molecule has 0 aliphatic heterocycles. The lowest BCUT2D eigenvalue weighted by molar-refractivity contribution is 0.303. The standard InChI is InChI=1S/C75H70N2O/c1-3-56(51-55(2)57-33-35-59(36-34-57)61-39-37-60-38-40-62(60)52-61)58-41-45-70(46-42-58)78-50-22-5-4-21-49-75(63-23-11-6-12-24-63)73-53-68(76(64-25-13-7-14-26-64)65-27-15-8-16-28-65)43-47-71(73)72-48-44-69(54-74(72)75)77(66-29-17-9-18-30-66)67-31-19-10-20-32-67/h6-20,23-37,39,41-48,52-56H,3-5,21-22,38,40,49-51H2,1-2H3. The molecule has 2 atom stereocenters. The fourth-order valence-electron chi connectivity index (χ4n) is 12.7. The van der Waals surface area contributed by atoms with E-state index in [1.54, 1.807) is 0 Å². The number of rotatable bonds is 21. The summed E-state index contributed by atoms with van der Waals surface area (Å²) in [6, 6.07) is 94.3. The van der Waals surface area contributed by atoms with E-state index in [4.69, 9.17) is 4.74 Å². The van der Waals surface area contributed by atoms with Crippen LogP contribution in [0.25, 0.3) is 22.3 Å². The van der Waals surface area contributed by atoms with Gasteiger partial charge in [-0.05, 0) is 196 Å².